The molecule has 0 amide bonds. The largest absolute Gasteiger partial charge is 0.483 e. The molecule has 9 heteroatoms. The minimum atomic E-state index is -0.879. The van der Waals surface area contributed by atoms with E-state index >= 15 is 0 Å². The lowest BCUT2D eigenvalue weighted by Crippen LogP contribution is -2.29. The SMILES string of the molecule is CC(CO)(CO)CO.O=C(O)c1ccccc1.O=C(O)c1ccccc1.O=CO. The van der Waals surface area contributed by atoms with Crippen LogP contribution in [0.3, 0.4) is 0 Å². The Balaban J connectivity index is 0. The molecule has 0 aliphatic carbocycles. The second-order valence-corrected chi connectivity index (χ2v) is 5.73. The van der Waals surface area contributed by atoms with Crippen LogP contribution in [0.4, 0.5) is 0 Å². The van der Waals surface area contributed by atoms with Crippen LogP contribution in [0.25, 0.3) is 0 Å². The Morgan fingerprint density at radius 1 is 0.759 bits per heavy atom. The Morgan fingerprint density at radius 3 is 1.10 bits per heavy atom. The number of aromatic carboxylic acids is 2. The summed E-state index contributed by atoms with van der Waals surface area (Å²) in [5.74, 6) is -1.76. The van der Waals surface area contributed by atoms with Gasteiger partial charge in [0.25, 0.3) is 6.47 Å². The summed E-state index contributed by atoms with van der Waals surface area (Å²) in [4.78, 5) is 28.8. The van der Waals surface area contributed by atoms with Gasteiger partial charge in [-0.2, -0.15) is 0 Å². The fourth-order valence-electron chi connectivity index (χ4n) is 1.31. The summed E-state index contributed by atoms with van der Waals surface area (Å²) in [7, 11) is 0. The van der Waals surface area contributed by atoms with Crippen molar-refractivity contribution in [3.05, 3.63) is 71.8 Å². The van der Waals surface area contributed by atoms with E-state index < -0.39 is 17.4 Å². The van der Waals surface area contributed by atoms with E-state index in [1.807, 2.05) is 0 Å². The van der Waals surface area contributed by atoms with E-state index in [2.05, 4.69) is 0 Å². The molecule has 2 aromatic rings. The second-order valence-electron chi connectivity index (χ2n) is 5.73. The van der Waals surface area contributed by atoms with E-state index in [0.29, 0.717) is 11.1 Å². The molecule has 2 aromatic carbocycles. The summed E-state index contributed by atoms with van der Waals surface area (Å²) in [6.07, 6.45) is 0. The highest BCUT2D eigenvalue weighted by atomic mass is 16.4. The van der Waals surface area contributed by atoms with Crippen LogP contribution >= 0.6 is 0 Å². The Labute approximate surface area is 168 Å². The first-order valence-corrected chi connectivity index (χ1v) is 8.18. The van der Waals surface area contributed by atoms with Crippen molar-refractivity contribution in [2.75, 3.05) is 19.8 Å². The van der Waals surface area contributed by atoms with Gasteiger partial charge in [0.1, 0.15) is 0 Å². The molecule has 0 radical (unpaired) electrons. The zero-order valence-corrected chi connectivity index (χ0v) is 15.9. The zero-order valence-electron chi connectivity index (χ0n) is 15.9. The highest BCUT2D eigenvalue weighted by molar-refractivity contribution is 5.87. The highest BCUT2D eigenvalue weighted by Gasteiger charge is 2.20. The van der Waals surface area contributed by atoms with E-state index in [9.17, 15) is 9.59 Å². The molecule has 0 heterocycles. The van der Waals surface area contributed by atoms with Gasteiger partial charge < -0.3 is 30.6 Å². The number of hydrogen-bond acceptors (Lipinski definition) is 6. The van der Waals surface area contributed by atoms with Crippen LogP contribution in [0.1, 0.15) is 27.6 Å². The van der Waals surface area contributed by atoms with Crippen LogP contribution in [0.15, 0.2) is 60.7 Å². The Hall–Kier alpha value is -3.27. The van der Waals surface area contributed by atoms with Gasteiger partial charge in [0.15, 0.2) is 0 Å². The molecule has 0 fully saturated rings. The number of carboxylic acid groups (broad SMARTS) is 3. The number of hydrogen-bond donors (Lipinski definition) is 6. The predicted molar refractivity (Wildman–Crippen MR) is 105 cm³/mol. The van der Waals surface area contributed by atoms with E-state index in [-0.39, 0.29) is 26.3 Å². The Bertz CT molecular complexity index is 626. The van der Waals surface area contributed by atoms with Crippen molar-refractivity contribution in [2.24, 2.45) is 5.41 Å². The van der Waals surface area contributed by atoms with E-state index in [4.69, 9.17) is 35.4 Å². The average molecular weight is 410 g/mol. The van der Waals surface area contributed by atoms with Gasteiger partial charge in [-0.15, -0.1) is 0 Å². The molecule has 0 bridgehead atoms. The maximum Gasteiger partial charge on any atom is 0.335 e. The van der Waals surface area contributed by atoms with E-state index in [1.165, 1.54) is 0 Å². The molecule has 29 heavy (non-hydrogen) atoms. The van der Waals surface area contributed by atoms with Crippen molar-refractivity contribution in [1.29, 1.82) is 0 Å². The first kappa shape index (κ1) is 27.9. The topological polar surface area (TPSA) is 173 Å². The second kappa shape index (κ2) is 16.9. The fraction of sp³-hybridized carbons (Fsp3) is 0.250. The fourth-order valence-corrected chi connectivity index (χ4v) is 1.31. The number of carbonyl (C=O) groups is 3. The van der Waals surface area contributed by atoms with Gasteiger partial charge in [0.2, 0.25) is 0 Å². The summed E-state index contributed by atoms with van der Waals surface area (Å²) in [5, 5.41) is 49.1. The molecule has 2 rings (SSSR count). The van der Waals surface area contributed by atoms with Gasteiger partial charge in [-0.3, -0.25) is 4.79 Å². The smallest absolute Gasteiger partial charge is 0.335 e. The van der Waals surface area contributed by atoms with Gasteiger partial charge in [-0.05, 0) is 24.3 Å². The lowest BCUT2D eigenvalue weighted by atomic mass is 9.95. The Morgan fingerprint density at radius 2 is 1.00 bits per heavy atom. The summed E-state index contributed by atoms with van der Waals surface area (Å²) in [6.45, 7) is 0.812. The lowest BCUT2D eigenvalue weighted by molar-refractivity contribution is -0.122. The minimum absolute atomic E-state index is 0.181. The van der Waals surface area contributed by atoms with Crippen LogP contribution in [-0.2, 0) is 4.79 Å². The lowest BCUT2D eigenvalue weighted by Gasteiger charge is -2.20. The number of carboxylic acids is 2. The quantitative estimate of drug-likeness (QED) is 0.399. The van der Waals surface area contributed by atoms with Crippen molar-refractivity contribution in [3.63, 3.8) is 0 Å². The monoisotopic (exact) mass is 410 g/mol. The number of rotatable bonds is 5. The molecule has 6 N–H and O–H groups in total. The summed E-state index contributed by atoms with van der Waals surface area (Å²) < 4.78 is 0. The van der Waals surface area contributed by atoms with Crippen molar-refractivity contribution >= 4 is 18.4 Å². The minimum Gasteiger partial charge on any atom is -0.483 e. The molecular formula is C20H26O9. The number of benzene rings is 2. The van der Waals surface area contributed by atoms with E-state index in [1.54, 1.807) is 67.6 Å². The van der Waals surface area contributed by atoms with Crippen molar-refractivity contribution in [2.45, 2.75) is 6.92 Å². The molecular weight excluding hydrogens is 384 g/mol. The molecule has 0 spiro atoms. The summed E-state index contributed by atoms with van der Waals surface area (Å²) >= 11 is 0. The number of aliphatic hydroxyl groups excluding tert-OH is 3. The van der Waals surface area contributed by atoms with Crippen LogP contribution in [0.5, 0.6) is 0 Å². The molecule has 0 saturated heterocycles. The van der Waals surface area contributed by atoms with Gasteiger partial charge in [-0.25, -0.2) is 9.59 Å². The molecule has 0 unspecified atom stereocenters. The highest BCUT2D eigenvalue weighted by Crippen LogP contribution is 2.11. The summed E-state index contributed by atoms with van der Waals surface area (Å²) in [6, 6.07) is 16.6. The van der Waals surface area contributed by atoms with Crippen molar-refractivity contribution < 1.29 is 45.0 Å². The van der Waals surface area contributed by atoms with Crippen molar-refractivity contribution in [3.8, 4) is 0 Å². The first-order valence-electron chi connectivity index (χ1n) is 8.18. The molecule has 0 saturated carbocycles. The molecule has 0 aliphatic rings. The third kappa shape index (κ3) is 14.5. The molecule has 0 aromatic heterocycles. The normalized spacial score (nSPS) is 9.24. The van der Waals surface area contributed by atoms with Crippen LogP contribution in [0.2, 0.25) is 0 Å². The van der Waals surface area contributed by atoms with Gasteiger partial charge in [0, 0.05) is 5.41 Å². The third-order valence-corrected chi connectivity index (χ3v) is 3.19. The average Bonchev–Trinajstić information content (AvgIpc) is 2.76. The predicted octanol–water partition coefficient (Wildman–Crippen LogP) is 1.44. The van der Waals surface area contributed by atoms with Crippen molar-refractivity contribution in [1.82, 2.24) is 0 Å². The Kier molecular flexibility index (Phi) is 16.3. The third-order valence-electron chi connectivity index (χ3n) is 3.19. The maximum absolute atomic E-state index is 10.2. The zero-order chi connectivity index (χ0) is 22.7. The molecule has 9 nitrogen and oxygen atoms in total. The molecule has 160 valence electrons. The van der Waals surface area contributed by atoms with Crippen LogP contribution in [-0.4, -0.2) is 68.9 Å². The first-order chi connectivity index (χ1) is 13.7. The van der Waals surface area contributed by atoms with Gasteiger partial charge >= 0.3 is 11.9 Å². The van der Waals surface area contributed by atoms with Gasteiger partial charge in [-0.1, -0.05) is 43.3 Å². The summed E-state index contributed by atoms with van der Waals surface area (Å²) in [5.41, 5.74) is -0.0463. The standard InChI is InChI=1S/2C7H6O2.C5H12O3.CH2O2/c2*8-7(9)6-4-2-1-3-5-6;1-5(2-6,3-7)4-8;2-1-3/h2*1-5H,(H,8,9);6-8H,2-4H2,1H3;1H,(H,2,3). The van der Waals surface area contributed by atoms with Crippen LogP contribution < -0.4 is 0 Å². The molecule has 0 aliphatic heterocycles. The van der Waals surface area contributed by atoms with Crippen LogP contribution in [0, 0.1) is 5.41 Å². The number of aliphatic hydroxyl groups is 3. The van der Waals surface area contributed by atoms with Gasteiger partial charge in [0.05, 0.1) is 30.9 Å². The van der Waals surface area contributed by atoms with E-state index in [0.717, 1.165) is 0 Å². The molecule has 0 atom stereocenters. The maximum atomic E-state index is 10.2.